The van der Waals surface area contributed by atoms with E-state index in [1.807, 2.05) is 0 Å². The van der Waals surface area contributed by atoms with E-state index in [1.54, 1.807) is 6.07 Å². The molecule has 108 valence electrons. The fourth-order valence-corrected chi connectivity index (χ4v) is 3.33. The van der Waals surface area contributed by atoms with Crippen LogP contribution >= 0.6 is 0 Å². The predicted molar refractivity (Wildman–Crippen MR) is 78.0 cm³/mol. The number of nitrogens with one attached hydrogen (secondary N) is 1. The van der Waals surface area contributed by atoms with Gasteiger partial charge < -0.3 is 15.1 Å². The van der Waals surface area contributed by atoms with Crippen LogP contribution < -0.4 is 15.1 Å². The van der Waals surface area contributed by atoms with Gasteiger partial charge in [-0.1, -0.05) is 0 Å². The second-order valence-corrected chi connectivity index (χ2v) is 6.04. The number of anilines is 2. The topological polar surface area (TPSA) is 31.4 Å². The van der Waals surface area contributed by atoms with E-state index in [0.717, 1.165) is 56.9 Å². The van der Waals surface area contributed by atoms with E-state index in [4.69, 9.17) is 4.98 Å². The number of nitrogens with zero attached hydrogens (tertiary/aromatic N) is 3. The molecule has 2 aliphatic heterocycles. The summed E-state index contributed by atoms with van der Waals surface area (Å²) in [6.07, 6.45) is 4.62. The summed E-state index contributed by atoms with van der Waals surface area (Å²) in [5.41, 5.74) is 1.10. The van der Waals surface area contributed by atoms with Crippen LogP contribution in [0.15, 0.2) is 6.07 Å². The van der Waals surface area contributed by atoms with E-state index < -0.39 is 0 Å². The predicted octanol–water partition coefficient (Wildman–Crippen LogP) is 1.55. The minimum Gasteiger partial charge on any atom is -0.353 e. The number of piperazine rings is 1. The molecule has 1 saturated heterocycles. The molecular formula is C15H21FN4. The van der Waals surface area contributed by atoms with E-state index >= 15 is 0 Å². The van der Waals surface area contributed by atoms with Crippen LogP contribution in [0.4, 0.5) is 16.0 Å². The van der Waals surface area contributed by atoms with Gasteiger partial charge in [-0.25, -0.2) is 9.37 Å². The smallest absolute Gasteiger partial charge is 0.167 e. The molecule has 1 aromatic heterocycles. The molecule has 5 heteroatoms. The second kappa shape index (κ2) is 4.88. The van der Waals surface area contributed by atoms with Gasteiger partial charge in [0.05, 0.1) is 0 Å². The highest BCUT2D eigenvalue weighted by Gasteiger charge is 2.34. The normalized spacial score (nSPS) is 22.9. The highest BCUT2D eigenvalue weighted by molar-refractivity contribution is 5.57. The Morgan fingerprint density at radius 2 is 1.95 bits per heavy atom. The fraction of sp³-hybridized carbons (Fsp3) is 0.667. The third-order valence-corrected chi connectivity index (χ3v) is 4.53. The van der Waals surface area contributed by atoms with Crippen LogP contribution in [0.2, 0.25) is 0 Å². The number of fused-ring (bicyclic) bond motifs is 1. The highest BCUT2D eigenvalue weighted by Crippen LogP contribution is 2.37. The van der Waals surface area contributed by atoms with Gasteiger partial charge in [-0.15, -0.1) is 0 Å². The quantitative estimate of drug-likeness (QED) is 0.888. The van der Waals surface area contributed by atoms with Crippen LogP contribution in [0.5, 0.6) is 0 Å². The van der Waals surface area contributed by atoms with Crippen molar-refractivity contribution in [1.29, 1.82) is 0 Å². The molecule has 0 bridgehead atoms. The first-order valence-corrected chi connectivity index (χ1v) is 7.74. The molecule has 0 amide bonds. The van der Waals surface area contributed by atoms with Crippen LogP contribution in [-0.4, -0.2) is 43.7 Å². The van der Waals surface area contributed by atoms with E-state index in [-0.39, 0.29) is 5.82 Å². The maximum absolute atomic E-state index is 14.4. The van der Waals surface area contributed by atoms with Gasteiger partial charge in [0.15, 0.2) is 11.6 Å². The Bertz CT molecular complexity index is 509. The van der Waals surface area contributed by atoms with Gasteiger partial charge in [-0.2, -0.15) is 0 Å². The molecule has 2 fully saturated rings. The molecule has 0 unspecified atom stereocenters. The van der Waals surface area contributed by atoms with Gasteiger partial charge in [0.1, 0.15) is 5.82 Å². The van der Waals surface area contributed by atoms with Crippen LogP contribution in [0.25, 0.3) is 0 Å². The molecule has 0 spiro atoms. The summed E-state index contributed by atoms with van der Waals surface area (Å²) < 4.78 is 14.4. The van der Waals surface area contributed by atoms with Crippen molar-refractivity contribution in [2.24, 2.45) is 0 Å². The van der Waals surface area contributed by atoms with Gasteiger partial charge in [0.2, 0.25) is 0 Å². The Balaban J connectivity index is 1.70. The molecule has 1 aliphatic carbocycles. The third-order valence-electron chi connectivity index (χ3n) is 4.53. The summed E-state index contributed by atoms with van der Waals surface area (Å²) in [6, 6.07) is 2.39. The molecule has 20 heavy (non-hydrogen) atoms. The largest absolute Gasteiger partial charge is 0.353 e. The molecule has 1 saturated carbocycles. The molecule has 0 radical (unpaired) electrons. The lowest BCUT2D eigenvalue weighted by Gasteiger charge is -2.33. The zero-order valence-electron chi connectivity index (χ0n) is 11.7. The highest BCUT2D eigenvalue weighted by atomic mass is 19.1. The number of aromatic nitrogens is 1. The maximum atomic E-state index is 14.4. The molecule has 0 aromatic carbocycles. The lowest BCUT2D eigenvalue weighted by molar-refractivity contribution is 0.554. The van der Waals surface area contributed by atoms with Crippen LogP contribution in [-0.2, 0) is 6.42 Å². The number of pyridine rings is 1. The standard InChI is InChI=1S/C15H21FN4/c16-13-10-11-2-1-7-20(12-3-4-12)14(11)18-15(13)19-8-5-17-6-9-19/h10,12,17H,1-9H2. The molecule has 4 nitrogen and oxygen atoms in total. The van der Waals surface area contributed by atoms with Crippen LogP contribution in [0, 0.1) is 5.82 Å². The summed E-state index contributed by atoms with van der Waals surface area (Å²) in [6.45, 7) is 4.57. The van der Waals surface area contributed by atoms with Crippen LogP contribution in [0.3, 0.4) is 0 Å². The van der Waals surface area contributed by atoms with E-state index in [9.17, 15) is 4.39 Å². The SMILES string of the molecule is Fc1cc2c(nc1N1CCNCC1)N(C1CC1)CCC2. The van der Waals surface area contributed by atoms with Gasteiger partial charge in [-0.3, -0.25) is 0 Å². The maximum Gasteiger partial charge on any atom is 0.167 e. The van der Waals surface area contributed by atoms with E-state index in [1.165, 1.54) is 12.8 Å². The van der Waals surface area contributed by atoms with Crippen molar-refractivity contribution < 1.29 is 4.39 Å². The van der Waals surface area contributed by atoms with Gasteiger partial charge >= 0.3 is 0 Å². The van der Waals surface area contributed by atoms with Crippen molar-refractivity contribution in [2.45, 2.75) is 31.7 Å². The van der Waals surface area contributed by atoms with E-state index in [0.29, 0.717) is 11.9 Å². The Morgan fingerprint density at radius 1 is 1.15 bits per heavy atom. The molecule has 1 aromatic rings. The monoisotopic (exact) mass is 276 g/mol. The zero-order valence-corrected chi connectivity index (χ0v) is 11.7. The first kappa shape index (κ1) is 12.4. The summed E-state index contributed by atoms with van der Waals surface area (Å²) >= 11 is 0. The minimum absolute atomic E-state index is 0.150. The first-order chi connectivity index (χ1) is 9.83. The average Bonchev–Trinajstić information content (AvgIpc) is 3.31. The summed E-state index contributed by atoms with van der Waals surface area (Å²) in [7, 11) is 0. The van der Waals surface area contributed by atoms with Crippen molar-refractivity contribution in [3.63, 3.8) is 0 Å². The van der Waals surface area contributed by atoms with Crippen molar-refractivity contribution in [2.75, 3.05) is 42.5 Å². The Labute approximate surface area is 119 Å². The lowest BCUT2D eigenvalue weighted by atomic mass is 10.1. The second-order valence-electron chi connectivity index (χ2n) is 6.04. The molecule has 0 atom stereocenters. The molecule has 4 rings (SSSR count). The Morgan fingerprint density at radius 3 is 2.70 bits per heavy atom. The van der Waals surface area contributed by atoms with Crippen molar-refractivity contribution in [3.8, 4) is 0 Å². The fourth-order valence-electron chi connectivity index (χ4n) is 3.33. The minimum atomic E-state index is -0.150. The van der Waals surface area contributed by atoms with Gasteiger partial charge in [-0.05, 0) is 37.3 Å². The average molecular weight is 276 g/mol. The van der Waals surface area contributed by atoms with Gasteiger partial charge in [0.25, 0.3) is 0 Å². The van der Waals surface area contributed by atoms with Gasteiger partial charge in [0, 0.05) is 38.8 Å². The van der Waals surface area contributed by atoms with E-state index in [2.05, 4.69) is 15.1 Å². The number of halogens is 1. The molecule has 3 heterocycles. The first-order valence-electron chi connectivity index (χ1n) is 7.74. The Kier molecular flexibility index (Phi) is 3.02. The third kappa shape index (κ3) is 2.14. The molecule has 3 aliphatic rings. The Hall–Kier alpha value is -1.36. The number of rotatable bonds is 2. The molecule has 1 N–H and O–H groups in total. The molecular weight excluding hydrogens is 255 g/mol. The van der Waals surface area contributed by atoms with Crippen LogP contribution in [0.1, 0.15) is 24.8 Å². The summed E-state index contributed by atoms with van der Waals surface area (Å²) in [4.78, 5) is 9.21. The number of hydrogen-bond acceptors (Lipinski definition) is 4. The van der Waals surface area contributed by atoms with Crippen molar-refractivity contribution >= 4 is 11.6 Å². The summed E-state index contributed by atoms with van der Waals surface area (Å²) in [5, 5.41) is 3.30. The van der Waals surface area contributed by atoms with Crippen molar-refractivity contribution in [1.82, 2.24) is 10.3 Å². The van der Waals surface area contributed by atoms with Crippen molar-refractivity contribution in [3.05, 3.63) is 17.4 Å². The summed E-state index contributed by atoms with van der Waals surface area (Å²) in [5.74, 6) is 1.45. The zero-order chi connectivity index (χ0) is 13.5. The number of hydrogen-bond donors (Lipinski definition) is 1. The number of aryl methyl sites for hydroxylation is 1. The lowest BCUT2D eigenvalue weighted by Crippen LogP contribution is -2.44.